The minimum absolute atomic E-state index is 0.426. The van der Waals surface area contributed by atoms with Gasteiger partial charge in [-0.15, -0.1) is 0 Å². The number of fused-ring (bicyclic) bond motifs is 1. The second-order valence-electron chi connectivity index (χ2n) is 5.96. The van der Waals surface area contributed by atoms with Crippen molar-refractivity contribution >= 4 is 17.2 Å². The number of rotatable bonds is 5. The van der Waals surface area contributed by atoms with E-state index in [0.717, 1.165) is 35.8 Å². The molecule has 0 unspecified atom stereocenters. The molecular formula is C18H21N5O. The lowest BCUT2D eigenvalue weighted by Crippen LogP contribution is -2.17. The van der Waals surface area contributed by atoms with Gasteiger partial charge in [0.2, 0.25) is 0 Å². The second-order valence-corrected chi connectivity index (χ2v) is 5.96. The Hall–Kier alpha value is -2.60. The molecule has 24 heavy (non-hydrogen) atoms. The largest absolute Gasteiger partial charge is 0.372 e. The summed E-state index contributed by atoms with van der Waals surface area (Å²) in [6.07, 6.45) is 7.99. The van der Waals surface area contributed by atoms with Crippen LogP contribution in [0.4, 0.5) is 11.5 Å². The lowest BCUT2D eigenvalue weighted by atomic mass is 10.1. The summed E-state index contributed by atoms with van der Waals surface area (Å²) in [6, 6.07) is 8.65. The van der Waals surface area contributed by atoms with E-state index in [9.17, 15) is 0 Å². The summed E-state index contributed by atoms with van der Waals surface area (Å²) in [5, 5.41) is 3.29. The van der Waals surface area contributed by atoms with Crippen LogP contribution in [0.3, 0.4) is 0 Å². The van der Waals surface area contributed by atoms with Gasteiger partial charge in [-0.05, 0) is 25.0 Å². The van der Waals surface area contributed by atoms with E-state index in [1.807, 2.05) is 10.6 Å². The number of methoxy groups -OCH3 is 1. The molecule has 1 saturated heterocycles. The van der Waals surface area contributed by atoms with Crippen LogP contribution >= 0.6 is 0 Å². The maximum Gasteiger partial charge on any atom is 0.157 e. The number of hydrogen-bond acceptors (Lipinski definition) is 5. The van der Waals surface area contributed by atoms with Crippen LogP contribution in [0.5, 0.6) is 0 Å². The van der Waals surface area contributed by atoms with Gasteiger partial charge in [-0.3, -0.25) is 9.38 Å². The fourth-order valence-corrected chi connectivity index (χ4v) is 3.22. The average Bonchev–Trinajstić information content (AvgIpc) is 3.28. The number of aromatic nitrogens is 3. The molecule has 0 radical (unpaired) electrons. The number of anilines is 2. The van der Waals surface area contributed by atoms with E-state index in [0.29, 0.717) is 6.73 Å². The maximum atomic E-state index is 5.17. The van der Waals surface area contributed by atoms with Gasteiger partial charge < -0.3 is 15.0 Å². The zero-order valence-corrected chi connectivity index (χ0v) is 13.8. The lowest BCUT2D eigenvalue weighted by molar-refractivity contribution is 0.221. The third-order valence-electron chi connectivity index (χ3n) is 4.43. The van der Waals surface area contributed by atoms with Crippen molar-refractivity contribution in [2.24, 2.45) is 0 Å². The predicted molar refractivity (Wildman–Crippen MR) is 95.4 cm³/mol. The molecule has 3 heterocycles. The van der Waals surface area contributed by atoms with Crippen LogP contribution in [0.1, 0.15) is 12.8 Å². The Balaban J connectivity index is 1.72. The smallest absolute Gasteiger partial charge is 0.157 e. The zero-order chi connectivity index (χ0) is 16.4. The minimum Gasteiger partial charge on any atom is -0.372 e. The molecule has 4 rings (SSSR count). The van der Waals surface area contributed by atoms with Gasteiger partial charge in [0.1, 0.15) is 18.2 Å². The molecule has 3 aromatic rings. The third kappa shape index (κ3) is 2.69. The van der Waals surface area contributed by atoms with Crippen molar-refractivity contribution in [3.8, 4) is 11.3 Å². The quantitative estimate of drug-likeness (QED) is 0.732. The van der Waals surface area contributed by atoms with Gasteiger partial charge >= 0.3 is 0 Å². The molecule has 2 aromatic heterocycles. The first-order chi connectivity index (χ1) is 11.9. The molecule has 1 N–H and O–H groups in total. The number of ether oxygens (including phenoxy) is 1. The molecule has 0 atom stereocenters. The average molecular weight is 323 g/mol. The summed E-state index contributed by atoms with van der Waals surface area (Å²) in [5.74, 6) is 0.920. The number of benzene rings is 1. The van der Waals surface area contributed by atoms with E-state index < -0.39 is 0 Å². The molecule has 1 aliphatic heterocycles. The molecule has 1 aromatic carbocycles. The van der Waals surface area contributed by atoms with Gasteiger partial charge in [-0.1, -0.05) is 12.1 Å². The minimum atomic E-state index is 0.426. The van der Waals surface area contributed by atoms with Crippen molar-refractivity contribution in [2.75, 3.05) is 37.1 Å². The Kier molecular flexibility index (Phi) is 4.04. The molecule has 0 aliphatic carbocycles. The Bertz CT molecular complexity index is 821. The van der Waals surface area contributed by atoms with Gasteiger partial charge in [-0.2, -0.15) is 0 Å². The third-order valence-corrected chi connectivity index (χ3v) is 4.43. The predicted octanol–water partition coefficient (Wildman–Crippen LogP) is 3.01. The van der Waals surface area contributed by atoms with Crippen LogP contribution < -0.4 is 10.2 Å². The number of nitrogens with zero attached hydrogens (tertiary/aromatic N) is 4. The van der Waals surface area contributed by atoms with E-state index in [1.54, 1.807) is 19.5 Å². The summed E-state index contributed by atoms with van der Waals surface area (Å²) < 4.78 is 7.16. The summed E-state index contributed by atoms with van der Waals surface area (Å²) in [4.78, 5) is 11.3. The van der Waals surface area contributed by atoms with E-state index in [2.05, 4.69) is 39.5 Å². The van der Waals surface area contributed by atoms with Crippen molar-refractivity contribution in [1.29, 1.82) is 0 Å². The van der Waals surface area contributed by atoms with Crippen LogP contribution in [-0.2, 0) is 4.74 Å². The van der Waals surface area contributed by atoms with Gasteiger partial charge in [0, 0.05) is 43.8 Å². The van der Waals surface area contributed by atoms with Crippen LogP contribution in [0.25, 0.3) is 16.9 Å². The Morgan fingerprint density at radius 2 is 1.96 bits per heavy atom. The zero-order valence-electron chi connectivity index (χ0n) is 13.8. The first kappa shape index (κ1) is 15.0. The fraction of sp³-hybridized carbons (Fsp3) is 0.333. The number of nitrogens with one attached hydrogen (secondary N) is 1. The Morgan fingerprint density at radius 3 is 2.71 bits per heavy atom. The monoisotopic (exact) mass is 323 g/mol. The maximum absolute atomic E-state index is 5.17. The SMILES string of the molecule is COCNc1c(-c2ccc(N3CCCC3)cc2)nc2cnccn12. The number of imidazole rings is 1. The van der Waals surface area contributed by atoms with Crippen LogP contribution in [0, 0.1) is 0 Å². The van der Waals surface area contributed by atoms with Crippen LogP contribution in [0.15, 0.2) is 42.9 Å². The summed E-state index contributed by atoms with van der Waals surface area (Å²) in [5.41, 5.74) is 4.09. The Morgan fingerprint density at radius 1 is 1.17 bits per heavy atom. The van der Waals surface area contributed by atoms with Gasteiger partial charge in [0.05, 0.1) is 6.20 Å². The molecule has 1 aliphatic rings. The fourth-order valence-electron chi connectivity index (χ4n) is 3.22. The van der Waals surface area contributed by atoms with Gasteiger partial charge in [-0.25, -0.2) is 4.98 Å². The molecule has 124 valence electrons. The van der Waals surface area contributed by atoms with Crippen LogP contribution in [0.2, 0.25) is 0 Å². The van der Waals surface area contributed by atoms with E-state index in [1.165, 1.54) is 18.5 Å². The molecule has 0 amide bonds. The summed E-state index contributed by atoms with van der Waals surface area (Å²) in [6.45, 7) is 2.73. The normalized spacial score (nSPS) is 14.5. The first-order valence-electron chi connectivity index (χ1n) is 8.27. The molecule has 0 bridgehead atoms. The summed E-state index contributed by atoms with van der Waals surface area (Å²) in [7, 11) is 1.67. The molecule has 6 nitrogen and oxygen atoms in total. The van der Waals surface area contributed by atoms with Crippen molar-refractivity contribution in [1.82, 2.24) is 14.4 Å². The second kappa shape index (κ2) is 6.49. The topological polar surface area (TPSA) is 54.7 Å². The van der Waals surface area contributed by atoms with E-state index >= 15 is 0 Å². The molecule has 1 fully saturated rings. The standard InChI is InChI=1S/C18H21N5O/c1-24-13-20-18-17(21-16-12-19-8-11-23(16)18)14-4-6-15(7-5-14)22-9-2-3-10-22/h4-8,11-12,20H,2-3,9-10,13H2,1H3. The van der Waals surface area contributed by atoms with Gasteiger partial charge in [0.25, 0.3) is 0 Å². The highest BCUT2D eigenvalue weighted by Crippen LogP contribution is 2.30. The highest BCUT2D eigenvalue weighted by molar-refractivity contribution is 5.77. The van der Waals surface area contributed by atoms with Crippen LogP contribution in [-0.4, -0.2) is 41.3 Å². The van der Waals surface area contributed by atoms with E-state index in [-0.39, 0.29) is 0 Å². The highest BCUT2D eigenvalue weighted by Gasteiger charge is 2.16. The van der Waals surface area contributed by atoms with Crippen molar-refractivity contribution < 1.29 is 4.74 Å². The first-order valence-corrected chi connectivity index (χ1v) is 8.27. The molecule has 0 saturated carbocycles. The van der Waals surface area contributed by atoms with Crippen molar-refractivity contribution in [2.45, 2.75) is 12.8 Å². The molecular weight excluding hydrogens is 302 g/mol. The summed E-state index contributed by atoms with van der Waals surface area (Å²) >= 11 is 0. The number of hydrogen-bond donors (Lipinski definition) is 1. The molecule has 6 heteroatoms. The lowest BCUT2D eigenvalue weighted by Gasteiger charge is -2.17. The highest BCUT2D eigenvalue weighted by atomic mass is 16.5. The van der Waals surface area contributed by atoms with Gasteiger partial charge in [0.15, 0.2) is 5.65 Å². The van der Waals surface area contributed by atoms with Crippen molar-refractivity contribution in [3.63, 3.8) is 0 Å². The Labute approximate surface area is 141 Å². The van der Waals surface area contributed by atoms with E-state index in [4.69, 9.17) is 9.72 Å². The van der Waals surface area contributed by atoms with Crippen molar-refractivity contribution in [3.05, 3.63) is 42.9 Å². The molecule has 0 spiro atoms.